The number of rotatable bonds is 1. The minimum absolute atomic E-state index is 0.0417. The Morgan fingerprint density at radius 1 is 1.60 bits per heavy atom. The fourth-order valence-corrected chi connectivity index (χ4v) is 1.78. The van der Waals surface area contributed by atoms with Gasteiger partial charge in [0.2, 0.25) is 0 Å². The minimum Gasteiger partial charge on any atom is -0.320 e. The van der Waals surface area contributed by atoms with Crippen LogP contribution < -0.4 is 4.72 Å². The highest BCUT2D eigenvalue weighted by Gasteiger charge is 2.20. The SMILES string of the molecule is O=P(O)(O)C1=CC=CSN1. The predicted octanol–water partition coefficient (Wildman–Crippen LogP) is 0.771. The first-order valence-corrected chi connectivity index (χ1v) is 4.94. The Hall–Kier alpha value is -0.220. The second kappa shape index (κ2) is 2.80. The van der Waals surface area contributed by atoms with E-state index in [2.05, 4.69) is 4.72 Å². The maximum Gasteiger partial charge on any atom is 0.372 e. The molecule has 0 aliphatic carbocycles. The van der Waals surface area contributed by atoms with Gasteiger partial charge in [-0.05, 0) is 23.4 Å². The van der Waals surface area contributed by atoms with E-state index in [1.54, 1.807) is 11.5 Å². The van der Waals surface area contributed by atoms with Crippen LogP contribution in [0, 0.1) is 0 Å². The van der Waals surface area contributed by atoms with Crippen molar-refractivity contribution < 1.29 is 14.4 Å². The molecule has 10 heavy (non-hydrogen) atoms. The van der Waals surface area contributed by atoms with Gasteiger partial charge in [-0.1, -0.05) is 6.08 Å². The van der Waals surface area contributed by atoms with Gasteiger partial charge in [-0.25, -0.2) is 0 Å². The molecule has 0 atom stereocenters. The van der Waals surface area contributed by atoms with Crippen LogP contribution in [-0.4, -0.2) is 9.79 Å². The molecule has 1 heterocycles. The summed E-state index contributed by atoms with van der Waals surface area (Å²) in [6.07, 6.45) is 2.94. The molecule has 6 heteroatoms. The zero-order chi connectivity index (χ0) is 7.61. The van der Waals surface area contributed by atoms with Crippen molar-refractivity contribution >= 4 is 19.5 Å². The molecule has 0 radical (unpaired) electrons. The Labute approximate surface area is 62.3 Å². The van der Waals surface area contributed by atoms with Crippen LogP contribution in [0.4, 0.5) is 0 Å². The van der Waals surface area contributed by atoms with Crippen molar-refractivity contribution in [1.29, 1.82) is 0 Å². The number of hydrogen-bond acceptors (Lipinski definition) is 3. The molecule has 0 spiro atoms. The third kappa shape index (κ3) is 1.88. The van der Waals surface area contributed by atoms with Gasteiger partial charge in [0.25, 0.3) is 0 Å². The molecule has 1 aliphatic heterocycles. The normalized spacial score (nSPS) is 18.0. The van der Waals surface area contributed by atoms with E-state index >= 15 is 0 Å². The van der Waals surface area contributed by atoms with Crippen LogP contribution in [0.2, 0.25) is 0 Å². The lowest BCUT2D eigenvalue weighted by atomic mass is 10.6. The Balaban J connectivity index is 2.82. The lowest BCUT2D eigenvalue weighted by Gasteiger charge is -2.10. The van der Waals surface area contributed by atoms with Gasteiger partial charge in [-0.2, -0.15) is 0 Å². The lowest BCUT2D eigenvalue weighted by molar-refractivity contribution is 0.381. The molecule has 0 aromatic carbocycles. The van der Waals surface area contributed by atoms with Crippen LogP contribution in [-0.2, 0) is 4.57 Å². The summed E-state index contributed by atoms with van der Waals surface area (Å²) in [5.41, 5.74) is -0.0417. The fraction of sp³-hybridized carbons (Fsp3) is 0. The van der Waals surface area contributed by atoms with E-state index in [4.69, 9.17) is 9.79 Å². The van der Waals surface area contributed by atoms with Gasteiger partial charge >= 0.3 is 7.60 Å². The highest BCUT2D eigenvalue weighted by atomic mass is 32.2. The van der Waals surface area contributed by atoms with E-state index in [9.17, 15) is 4.57 Å². The third-order valence-corrected chi connectivity index (χ3v) is 2.55. The monoisotopic (exact) mass is 179 g/mol. The van der Waals surface area contributed by atoms with Crippen molar-refractivity contribution in [2.45, 2.75) is 0 Å². The average molecular weight is 179 g/mol. The Bertz CT molecular complexity index is 231. The second-order valence-corrected chi connectivity index (χ2v) is 3.93. The molecule has 1 aliphatic rings. The average Bonchev–Trinajstić information content (AvgIpc) is 1.88. The van der Waals surface area contributed by atoms with Crippen LogP contribution in [0.25, 0.3) is 0 Å². The summed E-state index contributed by atoms with van der Waals surface area (Å²) >= 11 is 1.14. The smallest absolute Gasteiger partial charge is 0.320 e. The van der Waals surface area contributed by atoms with Crippen molar-refractivity contribution in [3.05, 3.63) is 23.0 Å². The Morgan fingerprint density at radius 3 is 2.60 bits per heavy atom. The zero-order valence-corrected chi connectivity index (χ0v) is 6.60. The van der Waals surface area contributed by atoms with Gasteiger partial charge in [0, 0.05) is 0 Å². The standard InChI is InChI=1S/C4H6NO3PS/c6-9(7,8)4-2-1-3-10-5-4/h1-3,5H,(H2,6,7,8). The first-order valence-electron chi connectivity index (χ1n) is 2.45. The molecule has 0 bridgehead atoms. The van der Waals surface area contributed by atoms with Gasteiger partial charge in [0.1, 0.15) is 5.44 Å². The molecule has 56 valence electrons. The van der Waals surface area contributed by atoms with Crippen LogP contribution in [0.15, 0.2) is 23.0 Å². The highest BCUT2D eigenvalue weighted by Crippen LogP contribution is 2.44. The van der Waals surface area contributed by atoms with E-state index < -0.39 is 7.60 Å². The molecule has 1 rings (SSSR count). The lowest BCUT2D eigenvalue weighted by Crippen LogP contribution is -2.04. The first-order chi connectivity index (χ1) is 4.61. The molecule has 0 amide bonds. The summed E-state index contributed by atoms with van der Waals surface area (Å²) in [5.74, 6) is 0. The predicted molar refractivity (Wildman–Crippen MR) is 40.0 cm³/mol. The summed E-state index contributed by atoms with van der Waals surface area (Å²) in [4.78, 5) is 17.2. The Kier molecular flexibility index (Phi) is 2.21. The van der Waals surface area contributed by atoms with E-state index in [0.29, 0.717) is 0 Å². The summed E-state index contributed by atoms with van der Waals surface area (Å²) < 4.78 is 13.0. The Morgan fingerprint density at radius 2 is 2.30 bits per heavy atom. The van der Waals surface area contributed by atoms with Crippen LogP contribution in [0.1, 0.15) is 0 Å². The maximum atomic E-state index is 10.5. The molecule has 0 saturated heterocycles. The third-order valence-electron chi connectivity index (χ3n) is 0.878. The fourth-order valence-electron chi connectivity index (χ4n) is 0.455. The molecular formula is C4H6NO3PS. The molecule has 0 aromatic rings. The maximum absolute atomic E-state index is 10.5. The molecule has 0 aromatic heterocycles. The van der Waals surface area contributed by atoms with Crippen molar-refractivity contribution in [1.82, 2.24) is 4.72 Å². The van der Waals surface area contributed by atoms with Crippen LogP contribution in [0.5, 0.6) is 0 Å². The van der Waals surface area contributed by atoms with Gasteiger partial charge in [0.05, 0.1) is 0 Å². The number of nitrogens with one attached hydrogen (secondary N) is 1. The van der Waals surface area contributed by atoms with Crippen LogP contribution >= 0.6 is 19.5 Å². The molecule has 3 N–H and O–H groups in total. The zero-order valence-electron chi connectivity index (χ0n) is 4.89. The van der Waals surface area contributed by atoms with Crippen LogP contribution in [0.3, 0.4) is 0 Å². The van der Waals surface area contributed by atoms with E-state index in [0.717, 1.165) is 11.9 Å². The summed E-state index contributed by atoms with van der Waals surface area (Å²) in [6, 6.07) is 0. The van der Waals surface area contributed by atoms with E-state index in [1.807, 2.05) is 0 Å². The molecular weight excluding hydrogens is 173 g/mol. The van der Waals surface area contributed by atoms with Gasteiger partial charge in [-0.3, -0.25) is 4.57 Å². The number of hydrogen-bond donors (Lipinski definition) is 3. The van der Waals surface area contributed by atoms with Crippen molar-refractivity contribution in [2.24, 2.45) is 0 Å². The highest BCUT2D eigenvalue weighted by molar-refractivity contribution is 8.00. The van der Waals surface area contributed by atoms with Gasteiger partial charge in [0.15, 0.2) is 0 Å². The molecule has 0 unspecified atom stereocenters. The minimum atomic E-state index is -4.06. The summed E-state index contributed by atoms with van der Waals surface area (Å²) in [7, 11) is -4.06. The summed E-state index contributed by atoms with van der Waals surface area (Å²) in [6.45, 7) is 0. The molecule has 0 saturated carbocycles. The summed E-state index contributed by atoms with van der Waals surface area (Å²) in [5, 5.41) is 1.69. The van der Waals surface area contributed by atoms with Gasteiger partial charge < -0.3 is 14.5 Å². The quantitative estimate of drug-likeness (QED) is 0.409. The number of allylic oxidation sites excluding steroid dienone is 2. The largest absolute Gasteiger partial charge is 0.372 e. The second-order valence-electron chi connectivity index (χ2n) is 1.64. The van der Waals surface area contributed by atoms with Gasteiger partial charge in [-0.15, -0.1) is 0 Å². The molecule has 4 nitrogen and oxygen atoms in total. The van der Waals surface area contributed by atoms with Crippen molar-refractivity contribution in [3.8, 4) is 0 Å². The topological polar surface area (TPSA) is 69.6 Å². The van der Waals surface area contributed by atoms with E-state index in [1.165, 1.54) is 6.08 Å². The van der Waals surface area contributed by atoms with Crippen molar-refractivity contribution in [2.75, 3.05) is 0 Å². The molecule has 0 fully saturated rings. The van der Waals surface area contributed by atoms with Crippen molar-refractivity contribution in [3.63, 3.8) is 0 Å². The first kappa shape index (κ1) is 7.88. The van der Waals surface area contributed by atoms with E-state index in [-0.39, 0.29) is 5.44 Å².